The first-order valence-corrected chi connectivity index (χ1v) is 10.4. The summed E-state index contributed by atoms with van der Waals surface area (Å²) in [6, 6.07) is 0.557. The number of hydrogen-bond donors (Lipinski definition) is 0. The van der Waals surface area contributed by atoms with Crippen molar-refractivity contribution in [3.05, 3.63) is 3.92 Å². The Kier molecular flexibility index (Phi) is 5.85. The Morgan fingerprint density at radius 3 is 2.28 bits per heavy atom. The summed E-state index contributed by atoms with van der Waals surface area (Å²) in [7, 11) is 0. The summed E-state index contributed by atoms with van der Waals surface area (Å²) < 4.78 is 6.31. The summed E-state index contributed by atoms with van der Waals surface area (Å²) in [5.41, 5.74) is -0.427. The number of carbonyl (C=O) groups is 1. The van der Waals surface area contributed by atoms with Crippen molar-refractivity contribution in [3.8, 4) is 0 Å². The fraction of sp³-hybridized carbons (Fsp3) is 0.812. The number of piperidine rings is 1. The number of amides is 1. The van der Waals surface area contributed by atoms with Gasteiger partial charge in [0.05, 0.1) is 0 Å². The minimum atomic E-state index is -0.427. The lowest BCUT2D eigenvalue weighted by atomic mass is 10.0. The van der Waals surface area contributed by atoms with Gasteiger partial charge in [0.25, 0.3) is 0 Å². The highest BCUT2D eigenvalue weighted by atomic mass is 79.9. The molecule has 0 N–H and O–H groups in total. The van der Waals surface area contributed by atoms with Gasteiger partial charge in [0.15, 0.2) is 3.92 Å². The zero-order valence-electron chi connectivity index (χ0n) is 15.1. The molecule has 0 spiro atoms. The highest BCUT2D eigenvalue weighted by Crippen LogP contribution is 2.26. The summed E-state index contributed by atoms with van der Waals surface area (Å²) in [5.74, 6) is 0. The van der Waals surface area contributed by atoms with Crippen LogP contribution < -0.4 is 4.90 Å². The molecule has 0 atom stereocenters. The highest BCUT2D eigenvalue weighted by Gasteiger charge is 2.31. The number of likely N-dealkylation sites (tertiary alicyclic amines) is 1. The van der Waals surface area contributed by atoms with E-state index in [1.165, 1.54) is 0 Å². The lowest BCUT2D eigenvalue weighted by Gasteiger charge is -2.42. The molecular formula is C16H26BrN5O2S. The van der Waals surface area contributed by atoms with Crippen LogP contribution in [-0.2, 0) is 4.74 Å². The van der Waals surface area contributed by atoms with Crippen LogP contribution in [0.3, 0.4) is 0 Å². The molecule has 0 radical (unpaired) electrons. The van der Waals surface area contributed by atoms with Crippen LogP contribution in [-0.4, -0.2) is 77.0 Å². The summed E-state index contributed by atoms with van der Waals surface area (Å²) in [6.45, 7) is 11.3. The number of ether oxygens (including phenoxy) is 1. The van der Waals surface area contributed by atoms with E-state index >= 15 is 0 Å². The Morgan fingerprint density at radius 1 is 1.12 bits per heavy atom. The van der Waals surface area contributed by atoms with Gasteiger partial charge in [-0.15, -0.1) is 10.2 Å². The van der Waals surface area contributed by atoms with Gasteiger partial charge in [-0.25, -0.2) is 4.79 Å². The third kappa shape index (κ3) is 5.04. The molecule has 2 aliphatic heterocycles. The summed E-state index contributed by atoms with van der Waals surface area (Å²) in [5, 5.41) is 9.23. The number of halogens is 1. The van der Waals surface area contributed by atoms with Gasteiger partial charge in [-0.3, -0.25) is 4.90 Å². The molecule has 0 saturated carbocycles. The van der Waals surface area contributed by atoms with E-state index in [9.17, 15) is 4.79 Å². The van der Waals surface area contributed by atoms with E-state index in [4.69, 9.17) is 4.74 Å². The van der Waals surface area contributed by atoms with E-state index in [1.54, 1.807) is 11.3 Å². The lowest BCUT2D eigenvalue weighted by molar-refractivity contribution is 0.0140. The van der Waals surface area contributed by atoms with Crippen LogP contribution in [0.4, 0.5) is 9.93 Å². The average molecular weight is 432 g/mol. The normalized spacial score (nSPS) is 20.8. The quantitative estimate of drug-likeness (QED) is 0.717. The van der Waals surface area contributed by atoms with Crippen molar-refractivity contribution in [1.29, 1.82) is 0 Å². The number of anilines is 1. The topological polar surface area (TPSA) is 61.8 Å². The Bertz CT molecular complexity index is 590. The van der Waals surface area contributed by atoms with E-state index in [0.717, 1.165) is 61.2 Å². The van der Waals surface area contributed by atoms with Crippen LogP contribution in [0.5, 0.6) is 0 Å². The average Bonchev–Trinajstić information content (AvgIpc) is 3.00. The van der Waals surface area contributed by atoms with Crippen molar-refractivity contribution in [1.82, 2.24) is 20.0 Å². The molecule has 1 amide bonds. The molecule has 2 fully saturated rings. The van der Waals surface area contributed by atoms with E-state index in [-0.39, 0.29) is 6.09 Å². The second-order valence-corrected chi connectivity index (χ2v) is 9.79. The van der Waals surface area contributed by atoms with Gasteiger partial charge in [-0.1, -0.05) is 11.3 Å². The van der Waals surface area contributed by atoms with Gasteiger partial charge < -0.3 is 14.5 Å². The maximum Gasteiger partial charge on any atom is 0.410 e. The van der Waals surface area contributed by atoms with E-state index in [1.807, 2.05) is 25.7 Å². The van der Waals surface area contributed by atoms with Crippen LogP contribution in [0.15, 0.2) is 3.92 Å². The van der Waals surface area contributed by atoms with Gasteiger partial charge >= 0.3 is 6.09 Å². The molecular weight excluding hydrogens is 406 g/mol. The zero-order valence-corrected chi connectivity index (χ0v) is 17.5. The smallest absolute Gasteiger partial charge is 0.410 e. The minimum Gasteiger partial charge on any atom is -0.444 e. The van der Waals surface area contributed by atoms with Crippen LogP contribution >= 0.6 is 27.3 Å². The van der Waals surface area contributed by atoms with Crippen LogP contribution in [0.25, 0.3) is 0 Å². The monoisotopic (exact) mass is 431 g/mol. The van der Waals surface area contributed by atoms with Crippen molar-refractivity contribution < 1.29 is 9.53 Å². The first-order valence-electron chi connectivity index (χ1n) is 8.78. The largest absolute Gasteiger partial charge is 0.444 e. The molecule has 0 unspecified atom stereocenters. The highest BCUT2D eigenvalue weighted by molar-refractivity contribution is 9.11. The number of piperazine rings is 1. The molecule has 0 bridgehead atoms. The summed E-state index contributed by atoms with van der Waals surface area (Å²) in [6.07, 6.45) is 1.85. The molecule has 140 valence electrons. The molecule has 25 heavy (non-hydrogen) atoms. The molecule has 1 aromatic heterocycles. The maximum atomic E-state index is 12.2. The van der Waals surface area contributed by atoms with Crippen molar-refractivity contribution in [3.63, 3.8) is 0 Å². The third-order valence-electron chi connectivity index (χ3n) is 4.61. The Morgan fingerprint density at radius 2 is 1.76 bits per heavy atom. The Balaban J connectivity index is 1.44. The van der Waals surface area contributed by atoms with E-state index < -0.39 is 5.60 Å². The van der Waals surface area contributed by atoms with Crippen molar-refractivity contribution in [2.45, 2.75) is 45.3 Å². The zero-order chi connectivity index (χ0) is 18.0. The standard InChI is InChI=1S/C16H26BrN5O2S/c1-16(2,3)24-15(23)22-6-4-12(5-7-22)20-8-10-21(11-9-20)14-19-18-13(17)25-14/h12H,4-11H2,1-3H3. The molecule has 7 nitrogen and oxygen atoms in total. The fourth-order valence-electron chi connectivity index (χ4n) is 3.34. The van der Waals surface area contributed by atoms with E-state index in [0.29, 0.717) is 6.04 Å². The van der Waals surface area contributed by atoms with Crippen LogP contribution in [0.1, 0.15) is 33.6 Å². The number of aromatic nitrogens is 2. The molecule has 3 heterocycles. The van der Waals surface area contributed by atoms with Gasteiger partial charge in [0, 0.05) is 45.3 Å². The SMILES string of the molecule is CC(C)(C)OC(=O)N1CCC(N2CCN(c3nnc(Br)s3)CC2)CC1. The van der Waals surface area contributed by atoms with Crippen LogP contribution in [0, 0.1) is 0 Å². The Labute approximate surface area is 161 Å². The first kappa shape index (κ1) is 18.8. The summed E-state index contributed by atoms with van der Waals surface area (Å²) in [4.78, 5) is 18.9. The van der Waals surface area contributed by atoms with Gasteiger partial charge in [-0.05, 0) is 49.5 Å². The molecule has 0 aliphatic carbocycles. The van der Waals surface area contributed by atoms with E-state index in [2.05, 4.69) is 35.9 Å². The number of rotatable bonds is 2. The van der Waals surface area contributed by atoms with Crippen molar-refractivity contribution in [2.24, 2.45) is 0 Å². The molecule has 2 saturated heterocycles. The number of hydrogen-bond acceptors (Lipinski definition) is 7. The second-order valence-electron chi connectivity index (χ2n) is 7.56. The molecule has 2 aliphatic rings. The summed E-state index contributed by atoms with van der Waals surface area (Å²) >= 11 is 4.96. The molecule has 3 rings (SSSR count). The lowest BCUT2D eigenvalue weighted by Crippen LogP contribution is -2.54. The molecule has 9 heteroatoms. The third-order valence-corrected chi connectivity index (χ3v) is 6.02. The number of nitrogens with zero attached hydrogens (tertiary/aromatic N) is 5. The fourth-order valence-corrected chi connectivity index (χ4v) is 4.48. The maximum absolute atomic E-state index is 12.2. The van der Waals surface area contributed by atoms with Gasteiger partial charge in [-0.2, -0.15) is 0 Å². The van der Waals surface area contributed by atoms with Crippen LogP contribution in [0.2, 0.25) is 0 Å². The Hall–Kier alpha value is -0.930. The predicted molar refractivity (Wildman–Crippen MR) is 102 cm³/mol. The predicted octanol–water partition coefficient (Wildman–Crippen LogP) is 2.82. The second kappa shape index (κ2) is 7.75. The van der Waals surface area contributed by atoms with Crippen molar-refractivity contribution in [2.75, 3.05) is 44.2 Å². The van der Waals surface area contributed by atoms with Gasteiger partial charge in [0.1, 0.15) is 5.60 Å². The first-order chi connectivity index (χ1) is 11.8. The minimum absolute atomic E-state index is 0.183. The van der Waals surface area contributed by atoms with Crippen molar-refractivity contribution >= 4 is 38.5 Å². The molecule has 1 aromatic rings. The van der Waals surface area contributed by atoms with Gasteiger partial charge in [0.2, 0.25) is 5.13 Å². The molecule has 0 aromatic carbocycles. The number of carbonyl (C=O) groups excluding carboxylic acids is 1.